The van der Waals surface area contributed by atoms with Gasteiger partial charge in [0.1, 0.15) is 12.2 Å². The van der Waals surface area contributed by atoms with Crippen molar-refractivity contribution in [3.63, 3.8) is 0 Å². The van der Waals surface area contributed by atoms with Crippen molar-refractivity contribution in [3.05, 3.63) is 108 Å². The molecule has 38 heavy (non-hydrogen) atoms. The van der Waals surface area contributed by atoms with Crippen LogP contribution in [0.2, 0.25) is 0 Å². The van der Waals surface area contributed by atoms with E-state index in [1.54, 1.807) is 0 Å². The Bertz CT molecular complexity index is 1060. The lowest BCUT2D eigenvalue weighted by atomic mass is 9.99. The molecule has 0 saturated carbocycles. The number of likely N-dealkylation sites (tertiary alicyclic amines) is 1. The Balaban J connectivity index is 1.52. The fraction of sp³-hybridized carbons (Fsp3) is 0.406. The Morgan fingerprint density at radius 1 is 0.658 bits per heavy atom. The number of hydrogen-bond donors (Lipinski definition) is 1. The monoisotopic (exact) mass is 517 g/mol. The summed E-state index contributed by atoms with van der Waals surface area (Å²) in [4.78, 5) is 15.6. The van der Waals surface area contributed by atoms with Gasteiger partial charge in [-0.25, -0.2) is 0 Å². The van der Waals surface area contributed by atoms with Crippen LogP contribution in [0.25, 0.3) is 0 Å². The van der Waals surface area contributed by atoms with Gasteiger partial charge in [-0.1, -0.05) is 104 Å². The molecule has 0 radical (unpaired) electrons. The Kier molecular flexibility index (Phi) is 11.3. The highest BCUT2D eigenvalue weighted by Gasteiger charge is 2.45. The number of ether oxygens (including phenoxy) is 3. The maximum atomic E-state index is 13.7. The van der Waals surface area contributed by atoms with Crippen molar-refractivity contribution in [3.8, 4) is 0 Å². The average Bonchev–Trinajstić information content (AvgIpc) is 2.97. The second-order valence-corrected chi connectivity index (χ2v) is 9.74. The third kappa shape index (κ3) is 8.50. The Labute approximate surface area is 226 Å². The lowest BCUT2D eigenvalue weighted by molar-refractivity contribution is -0.196. The minimum Gasteiger partial charge on any atom is -0.396 e. The van der Waals surface area contributed by atoms with Crippen LogP contribution in [0, 0.1) is 0 Å². The van der Waals surface area contributed by atoms with E-state index in [0.29, 0.717) is 32.9 Å². The zero-order valence-corrected chi connectivity index (χ0v) is 22.0. The summed E-state index contributed by atoms with van der Waals surface area (Å²) >= 11 is 0. The van der Waals surface area contributed by atoms with Crippen molar-refractivity contribution in [1.82, 2.24) is 4.90 Å². The normalized spacial score (nSPS) is 19.6. The summed E-state index contributed by atoms with van der Waals surface area (Å²) in [5.41, 5.74) is 3.11. The summed E-state index contributed by atoms with van der Waals surface area (Å²) in [6.45, 7) is 2.41. The van der Waals surface area contributed by atoms with E-state index in [1.807, 2.05) is 95.9 Å². The van der Waals surface area contributed by atoms with Gasteiger partial charge in [0, 0.05) is 19.7 Å². The number of amides is 1. The molecule has 0 bridgehead atoms. The molecule has 0 spiro atoms. The number of unbranched alkanes of at least 4 members (excludes halogenated alkanes) is 3. The van der Waals surface area contributed by atoms with Crippen molar-refractivity contribution in [2.24, 2.45) is 0 Å². The lowest BCUT2D eigenvalue weighted by Gasteiger charge is -2.42. The summed E-state index contributed by atoms with van der Waals surface area (Å²) in [7, 11) is 0. The van der Waals surface area contributed by atoms with Crippen LogP contribution in [0.5, 0.6) is 0 Å². The fourth-order valence-corrected chi connectivity index (χ4v) is 4.71. The van der Waals surface area contributed by atoms with E-state index in [9.17, 15) is 4.79 Å². The summed E-state index contributed by atoms with van der Waals surface area (Å²) in [5.74, 6) is -0.0549. The molecule has 1 heterocycles. The van der Waals surface area contributed by atoms with Gasteiger partial charge in [-0.05, 0) is 29.5 Å². The zero-order chi connectivity index (χ0) is 26.4. The van der Waals surface area contributed by atoms with Crippen LogP contribution < -0.4 is 0 Å². The van der Waals surface area contributed by atoms with Gasteiger partial charge < -0.3 is 24.2 Å². The van der Waals surface area contributed by atoms with Crippen molar-refractivity contribution >= 4 is 5.91 Å². The highest BCUT2D eigenvalue weighted by atomic mass is 16.6. The van der Waals surface area contributed by atoms with Gasteiger partial charge in [0.25, 0.3) is 5.91 Å². The maximum Gasteiger partial charge on any atom is 0.254 e. The van der Waals surface area contributed by atoms with E-state index in [4.69, 9.17) is 19.3 Å². The molecule has 6 heteroatoms. The number of hydrogen-bond acceptors (Lipinski definition) is 5. The van der Waals surface area contributed by atoms with Crippen LogP contribution in [0.4, 0.5) is 0 Å². The molecule has 0 unspecified atom stereocenters. The van der Waals surface area contributed by atoms with Gasteiger partial charge in [0.15, 0.2) is 6.10 Å². The Morgan fingerprint density at radius 3 is 1.71 bits per heavy atom. The second-order valence-electron chi connectivity index (χ2n) is 9.74. The summed E-state index contributed by atoms with van der Waals surface area (Å²) in [5, 5.41) is 9.08. The third-order valence-electron chi connectivity index (χ3n) is 6.82. The standard InChI is InChI=1S/C32H39NO5/c34-21-13-2-1-12-20-33-22-29(36-23-26-14-6-3-7-15-26)30(37-24-27-16-8-4-9-17-27)31(32(33)35)38-25-28-18-10-5-11-19-28/h3-11,14-19,29-31,34H,1-2,12-13,20-25H2/t29-,30+,31-/m0/s1. The first kappa shape index (κ1) is 28.0. The number of carbonyl (C=O) groups excluding carboxylic acids is 1. The van der Waals surface area contributed by atoms with Crippen LogP contribution in [-0.4, -0.2) is 53.9 Å². The molecule has 202 valence electrons. The number of benzene rings is 3. The topological polar surface area (TPSA) is 68.2 Å². The highest BCUT2D eigenvalue weighted by Crippen LogP contribution is 2.25. The van der Waals surface area contributed by atoms with Gasteiger partial charge in [-0.15, -0.1) is 0 Å². The summed E-state index contributed by atoms with van der Waals surface area (Å²) in [6.07, 6.45) is 1.92. The smallest absolute Gasteiger partial charge is 0.254 e. The third-order valence-corrected chi connectivity index (χ3v) is 6.82. The summed E-state index contributed by atoms with van der Waals surface area (Å²) in [6, 6.07) is 29.9. The maximum absolute atomic E-state index is 13.7. The second kappa shape index (κ2) is 15.4. The number of aliphatic hydroxyl groups is 1. The van der Waals surface area contributed by atoms with Crippen molar-refractivity contribution in [2.45, 2.75) is 63.8 Å². The lowest BCUT2D eigenvalue weighted by Crippen LogP contribution is -2.61. The molecule has 3 atom stereocenters. The van der Waals surface area contributed by atoms with Gasteiger partial charge in [-0.2, -0.15) is 0 Å². The van der Waals surface area contributed by atoms with Gasteiger partial charge in [0.2, 0.25) is 0 Å². The van der Waals surface area contributed by atoms with Gasteiger partial charge in [-0.3, -0.25) is 4.79 Å². The molecule has 1 aliphatic rings. The molecule has 1 N–H and O–H groups in total. The number of piperidine rings is 1. The minimum absolute atomic E-state index is 0.0549. The molecule has 3 aromatic rings. The summed E-state index contributed by atoms with van der Waals surface area (Å²) < 4.78 is 19.2. The molecular weight excluding hydrogens is 478 g/mol. The van der Waals surface area contributed by atoms with Crippen molar-refractivity contribution in [2.75, 3.05) is 19.7 Å². The first-order chi connectivity index (χ1) is 18.7. The number of rotatable bonds is 15. The Hall–Kier alpha value is -3.03. The first-order valence-electron chi connectivity index (χ1n) is 13.6. The average molecular weight is 518 g/mol. The predicted octanol–water partition coefficient (Wildman–Crippen LogP) is 5.14. The van der Waals surface area contributed by atoms with Gasteiger partial charge >= 0.3 is 0 Å². The molecule has 6 nitrogen and oxygen atoms in total. The number of nitrogens with zero attached hydrogens (tertiary/aromatic N) is 1. The molecule has 3 aromatic carbocycles. The molecule has 4 rings (SSSR count). The first-order valence-corrected chi connectivity index (χ1v) is 13.6. The van der Waals surface area contributed by atoms with Crippen molar-refractivity contribution in [1.29, 1.82) is 0 Å². The number of carbonyl (C=O) groups is 1. The molecule has 0 aliphatic carbocycles. The molecule has 0 aromatic heterocycles. The molecule has 1 aliphatic heterocycles. The van der Waals surface area contributed by atoms with Crippen LogP contribution >= 0.6 is 0 Å². The minimum atomic E-state index is -0.772. The van der Waals surface area contributed by atoms with Crippen molar-refractivity contribution < 1.29 is 24.1 Å². The van der Waals surface area contributed by atoms with E-state index < -0.39 is 12.2 Å². The highest BCUT2D eigenvalue weighted by molar-refractivity contribution is 5.82. The number of aliphatic hydroxyl groups excluding tert-OH is 1. The quantitative estimate of drug-likeness (QED) is 0.283. The molecule has 1 saturated heterocycles. The molecular formula is C32H39NO5. The SMILES string of the molecule is O=C1[C@@H](OCc2ccccc2)[C@H](OCc2ccccc2)[C@@H](OCc2ccccc2)CN1CCCCCCO. The Morgan fingerprint density at radius 2 is 1.16 bits per heavy atom. The van der Waals surface area contributed by atoms with Crippen LogP contribution in [0.1, 0.15) is 42.4 Å². The van der Waals surface area contributed by atoms with Crippen LogP contribution in [-0.2, 0) is 38.8 Å². The molecule has 1 fully saturated rings. The van der Waals surface area contributed by atoms with Crippen LogP contribution in [0.15, 0.2) is 91.0 Å². The van der Waals surface area contributed by atoms with E-state index in [2.05, 4.69) is 0 Å². The van der Waals surface area contributed by atoms with E-state index in [1.165, 1.54) is 0 Å². The predicted molar refractivity (Wildman–Crippen MR) is 147 cm³/mol. The van der Waals surface area contributed by atoms with Crippen LogP contribution in [0.3, 0.4) is 0 Å². The largest absolute Gasteiger partial charge is 0.396 e. The fourth-order valence-electron chi connectivity index (χ4n) is 4.71. The van der Waals surface area contributed by atoms with E-state index >= 15 is 0 Å². The van der Waals surface area contributed by atoms with Gasteiger partial charge in [0.05, 0.1) is 19.8 Å². The van der Waals surface area contributed by atoms with E-state index in [0.717, 1.165) is 42.4 Å². The molecule has 1 amide bonds. The van der Waals surface area contributed by atoms with E-state index in [-0.39, 0.29) is 18.6 Å². The zero-order valence-electron chi connectivity index (χ0n) is 22.0.